The second kappa shape index (κ2) is 15.0. The van der Waals surface area contributed by atoms with Gasteiger partial charge >= 0.3 is 29.8 Å². The summed E-state index contributed by atoms with van der Waals surface area (Å²) in [4.78, 5) is 64.2. The van der Waals surface area contributed by atoms with Crippen molar-refractivity contribution in [2.75, 3.05) is 0 Å². The molecule has 0 aromatic carbocycles. The van der Waals surface area contributed by atoms with Gasteiger partial charge in [-0.05, 0) is 206 Å². The molecule has 12 fully saturated rings. The van der Waals surface area contributed by atoms with E-state index in [9.17, 15) is 24.0 Å². The molecule has 12 aliphatic carbocycles. The van der Waals surface area contributed by atoms with E-state index < -0.39 is 27.6 Å². The van der Waals surface area contributed by atoms with Gasteiger partial charge in [0.1, 0.15) is 28.0 Å². The fourth-order valence-electron chi connectivity index (χ4n) is 15.2. The van der Waals surface area contributed by atoms with Gasteiger partial charge in [0.2, 0.25) is 0 Å². The monoisotopic (exact) mass is 851 g/mol. The van der Waals surface area contributed by atoms with E-state index in [2.05, 4.69) is 13.8 Å². The van der Waals surface area contributed by atoms with Gasteiger partial charge in [0, 0.05) is 18.8 Å². The molecule has 12 bridgehead atoms. The van der Waals surface area contributed by atoms with Crippen LogP contribution in [0.1, 0.15) is 192 Å². The normalized spacial score (nSPS) is 41.8. The number of hydrogen-bond donors (Lipinski definition) is 0. The lowest BCUT2D eigenvalue weighted by Gasteiger charge is -2.73. The second-order valence-electron chi connectivity index (χ2n) is 24.8. The van der Waals surface area contributed by atoms with Gasteiger partial charge < -0.3 is 23.7 Å². The minimum absolute atomic E-state index is 0.00143. The Morgan fingerprint density at radius 1 is 0.574 bits per heavy atom. The molecule has 0 saturated heterocycles. The quantitative estimate of drug-likeness (QED) is 0.146. The van der Waals surface area contributed by atoms with Crippen molar-refractivity contribution in [2.45, 2.75) is 220 Å². The number of esters is 5. The standard InChI is InChI=1S/C27H40O4.C24H38O6/c1-5-24(2,3)22(28)31-27-13-19-16-10-26(23(29)30-25(4)8-6-7-9-25)11-17(19)21(15-27)18(12-26)20(16)14-27;1-8-22(6,7)20(27)30-23-11-16-9-17(12-23)24(28-15(2)25,18(10-16)13-23)14-19(26)29-21(3,4)5/h16-21H,5-15H2,1-4H3;16-18H,8-14H2,1-7H3. The highest BCUT2D eigenvalue weighted by molar-refractivity contribution is 5.79. The lowest BCUT2D eigenvalue weighted by Crippen LogP contribution is -2.71. The van der Waals surface area contributed by atoms with Crippen LogP contribution in [0.3, 0.4) is 0 Å². The van der Waals surface area contributed by atoms with E-state index in [1.165, 1.54) is 19.8 Å². The number of ether oxygens (including phenoxy) is 5. The van der Waals surface area contributed by atoms with Crippen molar-refractivity contribution in [1.29, 1.82) is 0 Å². The molecule has 0 aromatic heterocycles. The summed E-state index contributed by atoms with van der Waals surface area (Å²) in [5.74, 6) is 3.57. The molecule has 0 radical (unpaired) electrons. The molecule has 12 aliphatic rings. The van der Waals surface area contributed by atoms with Crippen molar-refractivity contribution in [3.05, 3.63) is 0 Å². The molecular formula is C51H78O10. The van der Waals surface area contributed by atoms with E-state index in [4.69, 9.17) is 23.7 Å². The molecule has 61 heavy (non-hydrogen) atoms. The van der Waals surface area contributed by atoms with Crippen molar-refractivity contribution in [1.82, 2.24) is 0 Å². The summed E-state index contributed by atoms with van der Waals surface area (Å²) in [5, 5.41) is 0. The van der Waals surface area contributed by atoms with E-state index in [-0.39, 0.29) is 64.7 Å². The highest BCUT2D eigenvalue weighted by Gasteiger charge is 2.73. The molecule has 2 atom stereocenters. The summed E-state index contributed by atoms with van der Waals surface area (Å²) < 4.78 is 30.4. The topological polar surface area (TPSA) is 132 Å². The van der Waals surface area contributed by atoms with Crippen molar-refractivity contribution < 1.29 is 47.7 Å². The van der Waals surface area contributed by atoms with E-state index in [1.807, 2.05) is 55.4 Å². The van der Waals surface area contributed by atoms with Crippen LogP contribution in [0, 0.1) is 69.5 Å². The summed E-state index contributed by atoms with van der Waals surface area (Å²) in [7, 11) is 0. The number of hydrogen-bond acceptors (Lipinski definition) is 10. The van der Waals surface area contributed by atoms with Crippen LogP contribution < -0.4 is 0 Å². The molecule has 0 heterocycles. The van der Waals surface area contributed by atoms with Gasteiger partial charge in [-0.3, -0.25) is 24.0 Å². The third kappa shape index (κ3) is 7.88. The van der Waals surface area contributed by atoms with Crippen LogP contribution in [0.5, 0.6) is 0 Å². The van der Waals surface area contributed by atoms with Crippen LogP contribution in [-0.2, 0) is 47.7 Å². The third-order valence-corrected chi connectivity index (χ3v) is 18.6. The van der Waals surface area contributed by atoms with E-state index in [0.717, 1.165) is 77.0 Å². The predicted molar refractivity (Wildman–Crippen MR) is 228 cm³/mol. The summed E-state index contributed by atoms with van der Waals surface area (Å²) >= 11 is 0. The summed E-state index contributed by atoms with van der Waals surface area (Å²) in [6.07, 6.45) is 16.2. The van der Waals surface area contributed by atoms with Gasteiger partial charge in [-0.15, -0.1) is 0 Å². The molecule has 12 rings (SSSR count). The Morgan fingerprint density at radius 3 is 1.41 bits per heavy atom. The van der Waals surface area contributed by atoms with Gasteiger partial charge in [-0.25, -0.2) is 0 Å². The predicted octanol–water partition coefficient (Wildman–Crippen LogP) is 10.3. The maximum atomic E-state index is 13.6. The van der Waals surface area contributed by atoms with Crippen LogP contribution in [0.15, 0.2) is 0 Å². The Hall–Kier alpha value is -2.65. The fourth-order valence-corrected chi connectivity index (χ4v) is 15.2. The molecule has 2 unspecified atom stereocenters. The number of carbonyl (C=O) groups is 5. The Balaban J connectivity index is 0.000000169. The third-order valence-electron chi connectivity index (χ3n) is 18.6. The van der Waals surface area contributed by atoms with Crippen molar-refractivity contribution in [3.63, 3.8) is 0 Å². The van der Waals surface area contributed by atoms with Gasteiger partial charge in [-0.1, -0.05) is 13.8 Å². The lowest BCUT2D eigenvalue weighted by atomic mass is 9.32. The van der Waals surface area contributed by atoms with Crippen LogP contribution in [0.2, 0.25) is 0 Å². The van der Waals surface area contributed by atoms with Gasteiger partial charge in [-0.2, -0.15) is 0 Å². The Bertz CT molecular complexity index is 1700. The lowest BCUT2D eigenvalue weighted by molar-refractivity contribution is -0.283. The Kier molecular flexibility index (Phi) is 11.0. The molecular weight excluding hydrogens is 773 g/mol. The average Bonchev–Trinajstić information content (AvgIpc) is 3.59. The molecule has 10 heteroatoms. The molecule has 10 nitrogen and oxygen atoms in total. The first-order valence-corrected chi connectivity index (χ1v) is 24.4. The number of carbonyl (C=O) groups excluding carboxylic acids is 5. The van der Waals surface area contributed by atoms with E-state index >= 15 is 0 Å². The molecule has 0 aromatic rings. The van der Waals surface area contributed by atoms with Crippen molar-refractivity contribution in [3.8, 4) is 0 Å². The zero-order chi connectivity index (χ0) is 44.3. The molecule has 0 spiro atoms. The molecule has 342 valence electrons. The molecule has 0 amide bonds. The smallest absolute Gasteiger partial charge is 0.312 e. The van der Waals surface area contributed by atoms with Crippen LogP contribution in [0.4, 0.5) is 0 Å². The van der Waals surface area contributed by atoms with Gasteiger partial charge in [0.05, 0.1) is 22.7 Å². The van der Waals surface area contributed by atoms with Gasteiger partial charge in [0.15, 0.2) is 0 Å². The fraction of sp³-hybridized carbons (Fsp3) is 0.902. The summed E-state index contributed by atoms with van der Waals surface area (Å²) in [6, 6.07) is 0. The molecule has 0 aliphatic heterocycles. The largest absolute Gasteiger partial charge is 0.460 e. The maximum absolute atomic E-state index is 13.6. The molecule has 12 saturated carbocycles. The maximum Gasteiger partial charge on any atom is 0.312 e. The van der Waals surface area contributed by atoms with Crippen LogP contribution >= 0.6 is 0 Å². The number of rotatable bonds is 11. The first-order valence-electron chi connectivity index (χ1n) is 24.4. The highest BCUT2D eigenvalue weighted by Crippen LogP contribution is 2.76. The van der Waals surface area contributed by atoms with Gasteiger partial charge in [0.25, 0.3) is 0 Å². The SMILES string of the molecule is CCC(C)(C)C(=O)OC12CC3C4CC5(C(=O)OC6(C)CCCC6)CC3C(C1)C(C5)C4C2.CCC(C)(C)C(=O)OC12CC3CC(C1)C(CC(=O)OC(C)(C)C)(OC(C)=O)C(C3)C2. The highest BCUT2D eigenvalue weighted by atomic mass is 16.6. The first-order chi connectivity index (χ1) is 28.3. The first kappa shape index (κ1) is 44.9. The Morgan fingerprint density at radius 2 is 1.00 bits per heavy atom. The summed E-state index contributed by atoms with van der Waals surface area (Å²) in [5.41, 5.74) is -3.53. The van der Waals surface area contributed by atoms with E-state index in [1.54, 1.807) is 0 Å². The summed E-state index contributed by atoms with van der Waals surface area (Å²) in [6.45, 7) is 21.0. The van der Waals surface area contributed by atoms with E-state index in [0.29, 0.717) is 60.7 Å². The molecule has 0 N–H and O–H groups in total. The van der Waals surface area contributed by atoms with Crippen molar-refractivity contribution in [2.24, 2.45) is 69.5 Å². The minimum atomic E-state index is -0.860. The van der Waals surface area contributed by atoms with Crippen LogP contribution in [0.25, 0.3) is 0 Å². The zero-order valence-corrected chi connectivity index (χ0v) is 39.5. The van der Waals surface area contributed by atoms with Crippen molar-refractivity contribution >= 4 is 29.8 Å². The Labute approximate surface area is 365 Å². The van der Waals surface area contributed by atoms with Crippen LogP contribution in [-0.4, -0.2) is 57.9 Å². The zero-order valence-electron chi connectivity index (χ0n) is 39.5. The average molecular weight is 851 g/mol. The second-order valence-corrected chi connectivity index (χ2v) is 24.8. The minimum Gasteiger partial charge on any atom is -0.460 e.